The van der Waals surface area contributed by atoms with Crippen molar-refractivity contribution in [2.45, 2.75) is 52.0 Å². The number of aromatic nitrogens is 1. The van der Waals surface area contributed by atoms with Gasteiger partial charge in [0.1, 0.15) is 5.01 Å². The van der Waals surface area contributed by atoms with Crippen LogP contribution in [-0.4, -0.2) is 17.4 Å². The smallest absolute Gasteiger partial charge is 0.227 e. The number of amides is 1. The molecule has 0 bridgehead atoms. The monoisotopic (exact) mass is 281 g/mol. The Bertz CT molecular complexity index is 427. The van der Waals surface area contributed by atoms with Crippen LogP contribution in [0.1, 0.15) is 56.2 Å². The Labute approximate surface area is 118 Å². The Morgan fingerprint density at radius 1 is 1.53 bits per heavy atom. The molecule has 1 aliphatic carbocycles. The van der Waals surface area contributed by atoms with Crippen LogP contribution in [0.15, 0.2) is 5.38 Å². The van der Waals surface area contributed by atoms with Crippen molar-refractivity contribution < 1.29 is 4.79 Å². The molecule has 1 fully saturated rings. The predicted octanol–water partition coefficient (Wildman–Crippen LogP) is 2.40. The zero-order valence-corrected chi connectivity index (χ0v) is 12.6. The first-order valence-corrected chi connectivity index (χ1v) is 7.95. The highest BCUT2D eigenvalue weighted by atomic mass is 32.1. The van der Waals surface area contributed by atoms with Gasteiger partial charge in [-0.3, -0.25) is 4.79 Å². The van der Waals surface area contributed by atoms with Crippen molar-refractivity contribution in [3.63, 3.8) is 0 Å². The van der Waals surface area contributed by atoms with Gasteiger partial charge in [-0.15, -0.1) is 11.3 Å². The van der Waals surface area contributed by atoms with Gasteiger partial charge in [-0.1, -0.05) is 13.8 Å². The number of rotatable bonds is 7. The zero-order chi connectivity index (χ0) is 13.9. The molecule has 1 aromatic rings. The number of thiazole rings is 1. The van der Waals surface area contributed by atoms with E-state index < -0.39 is 5.41 Å². The van der Waals surface area contributed by atoms with Crippen LogP contribution in [0.4, 0.5) is 0 Å². The van der Waals surface area contributed by atoms with Crippen molar-refractivity contribution in [3.8, 4) is 0 Å². The fourth-order valence-corrected chi connectivity index (χ4v) is 3.08. The van der Waals surface area contributed by atoms with Crippen LogP contribution in [0, 0.1) is 5.41 Å². The number of carbonyl (C=O) groups is 1. The molecule has 0 unspecified atom stereocenters. The highest BCUT2D eigenvalue weighted by Gasteiger charge is 2.33. The summed E-state index contributed by atoms with van der Waals surface area (Å²) < 4.78 is 0. The molecule has 1 aliphatic rings. The van der Waals surface area contributed by atoms with E-state index in [1.165, 1.54) is 18.5 Å². The Balaban J connectivity index is 1.91. The van der Waals surface area contributed by atoms with Gasteiger partial charge in [-0.25, -0.2) is 4.98 Å². The SMILES string of the molecule is CCC(CC)(CN)C(=O)NCc1nc(C2CC2)cs1. The standard InChI is InChI=1S/C14H23N3OS/c1-3-14(4-2,9-15)13(18)16-7-12-17-11(8-19-12)10-5-6-10/h8,10H,3-7,9,15H2,1-2H3,(H,16,18). The predicted molar refractivity (Wildman–Crippen MR) is 78.0 cm³/mol. The number of hydrogen-bond donors (Lipinski definition) is 2. The maximum absolute atomic E-state index is 12.3. The number of nitrogens with two attached hydrogens (primary N) is 1. The molecule has 1 amide bonds. The second-order valence-electron chi connectivity index (χ2n) is 5.31. The van der Waals surface area contributed by atoms with E-state index in [0.717, 1.165) is 17.8 Å². The average Bonchev–Trinajstić information content (AvgIpc) is 3.18. The quantitative estimate of drug-likeness (QED) is 0.806. The molecule has 106 valence electrons. The third-order valence-corrected chi connectivity index (χ3v) is 5.06. The van der Waals surface area contributed by atoms with Crippen LogP contribution in [0.5, 0.6) is 0 Å². The van der Waals surface area contributed by atoms with Crippen LogP contribution in [0.3, 0.4) is 0 Å². The maximum Gasteiger partial charge on any atom is 0.227 e. The number of carbonyl (C=O) groups excluding carboxylic acids is 1. The van der Waals surface area contributed by atoms with E-state index >= 15 is 0 Å². The molecule has 0 aliphatic heterocycles. The first-order chi connectivity index (χ1) is 9.15. The normalized spacial score (nSPS) is 15.5. The Kier molecular flexibility index (Phi) is 4.58. The average molecular weight is 281 g/mol. The summed E-state index contributed by atoms with van der Waals surface area (Å²) in [5.41, 5.74) is 6.56. The van der Waals surface area contributed by atoms with Gasteiger partial charge < -0.3 is 11.1 Å². The van der Waals surface area contributed by atoms with Crippen molar-refractivity contribution in [1.29, 1.82) is 0 Å². The topological polar surface area (TPSA) is 68.0 Å². The van der Waals surface area contributed by atoms with E-state index in [2.05, 4.69) is 15.7 Å². The zero-order valence-electron chi connectivity index (χ0n) is 11.7. The molecule has 0 atom stereocenters. The lowest BCUT2D eigenvalue weighted by Crippen LogP contribution is -2.45. The number of nitrogens with zero attached hydrogens (tertiary/aromatic N) is 1. The van der Waals surface area contributed by atoms with E-state index in [9.17, 15) is 4.79 Å². The molecule has 5 heteroatoms. The molecular formula is C14H23N3OS. The molecular weight excluding hydrogens is 258 g/mol. The molecule has 0 radical (unpaired) electrons. The van der Waals surface area contributed by atoms with Gasteiger partial charge in [0, 0.05) is 17.8 Å². The summed E-state index contributed by atoms with van der Waals surface area (Å²) in [6.07, 6.45) is 4.07. The van der Waals surface area contributed by atoms with Crippen LogP contribution in [0.25, 0.3) is 0 Å². The molecule has 4 nitrogen and oxygen atoms in total. The number of nitrogens with one attached hydrogen (secondary N) is 1. The third kappa shape index (κ3) is 3.15. The second-order valence-corrected chi connectivity index (χ2v) is 6.26. The van der Waals surface area contributed by atoms with Gasteiger partial charge in [0.25, 0.3) is 0 Å². The largest absolute Gasteiger partial charge is 0.349 e. The fourth-order valence-electron chi connectivity index (χ4n) is 2.27. The van der Waals surface area contributed by atoms with Gasteiger partial charge in [0.2, 0.25) is 5.91 Å². The summed E-state index contributed by atoms with van der Waals surface area (Å²) in [5, 5.41) is 6.11. The summed E-state index contributed by atoms with van der Waals surface area (Å²) in [7, 11) is 0. The minimum atomic E-state index is -0.420. The molecule has 0 aromatic carbocycles. The van der Waals surface area contributed by atoms with Crippen molar-refractivity contribution in [2.24, 2.45) is 11.1 Å². The lowest BCUT2D eigenvalue weighted by Gasteiger charge is -2.28. The minimum absolute atomic E-state index is 0.0585. The summed E-state index contributed by atoms with van der Waals surface area (Å²) in [6.45, 7) is 4.96. The molecule has 1 saturated carbocycles. The molecule has 1 aromatic heterocycles. The van der Waals surface area contributed by atoms with E-state index in [-0.39, 0.29) is 5.91 Å². The summed E-state index contributed by atoms with van der Waals surface area (Å²) in [5.74, 6) is 0.735. The molecule has 19 heavy (non-hydrogen) atoms. The molecule has 1 heterocycles. The lowest BCUT2D eigenvalue weighted by atomic mass is 9.81. The summed E-state index contributed by atoms with van der Waals surface area (Å²) in [6, 6.07) is 0. The number of hydrogen-bond acceptors (Lipinski definition) is 4. The van der Waals surface area contributed by atoms with Gasteiger partial charge in [0.05, 0.1) is 17.7 Å². The van der Waals surface area contributed by atoms with Gasteiger partial charge in [-0.05, 0) is 25.7 Å². The fraction of sp³-hybridized carbons (Fsp3) is 0.714. The van der Waals surface area contributed by atoms with Crippen molar-refractivity contribution in [3.05, 3.63) is 16.1 Å². The van der Waals surface area contributed by atoms with Gasteiger partial charge >= 0.3 is 0 Å². The van der Waals surface area contributed by atoms with Gasteiger partial charge in [0.15, 0.2) is 0 Å². The van der Waals surface area contributed by atoms with E-state index in [0.29, 0.717) is 19.0 Å². The van der Waals surface area contributed by atoms with E-state index in [1.54, 1.807) is 11.3 Å². The van der Waals surface area contributed by atoms with Gasteiger partial charge in [-0.2, -0.15) is 0 Å². The summed E-state index contributed by atoms with van der Waals surface area (Å²) in [4.78, 5) is 16.8. The van der Waals surface area contributed by atoms with Crippen LogP contribution in [0.2, 0.25) is 0 Å². The Hall–Kier alpha value is -0.940. The van der Waals surface area contributed by atoms with Crippen molar-refractivity contribution in [2.75, 3.05) is 6.54 Å². The highest BCUT2D eigenvalue weighted by molar-refractivity contribution is 7.09. The molecule has 2 rings (SSSR count). The highest BCUT2D eigenvalue weighted by Crippen LogP contribution is 2.40. The minimum Gasteiger partial charge on any atom is -0.349 e. The Morgan fingerprint density at radius 2 is 2.21 bits per heavy atom. The maximum atomic E-state index is 12.3. The van der Waals surface area contributed by atoms with Crippen molar-refractivity contribution >= 4 is 17.2 Å². The van der Waals surface area contributed by atoms with Crippen molar-refractivity contribution in [1.82, 2.24) is 10.3 Å². The lowest BCUT2D eigenvalue weighted by molar-refractivity contribution is -0.131. The van der Waals surface area contributed by atoms with Crippen LogP contribution in [-0.2, 0) is 11.3 Å². The van der Waals surface area contributed by atoms with Crippen LogP contribution >= 0.6 is 11.3 Å². The first kappa shape index (κ1) is 14.5. The van der Waals surface area contributed by atoms with Crippen LogP contribution < -0.4 is 11.1 Å². The molecule has 0 saturated heterocycles. The summed E-state index contributed by atoms with van der Waals surface area (Å²) >= 11 is 1.64. The third-order valence-electron chi connectivity index (χ3n) is 4.19. The molecule has 3 N–H and O–H groups in total. The Morgan fingerprint density at radius 3 is 2.74 bits per heavy atom. The first-order valence-electron chi connectivity index (χ1n) is 7.08. The molecule has 0 spiro atoms. The van der Waals surface area contributed by atoms with E-state index in [1.807, 2.05) is 13.8 Å². The second kappa shape index (κ2) is 6.01. The van der Waals surface area contributed by atoms with E-state index in [4.69, 9.17) is 5.73 Å².